The van der Waals surface area contributed by atoms with Crippen molar-refractivity contribution in [2.45, 2.75) is 32.5 Å². The molecule has 7 heteroatoms. The van der Waals surface area contributed by atoms with Crippen molar-refractivity contribution in [1.29, 1.82) is 0 Å². The Labute approximate surface area is 91.4 Å². The van der Waals surface area contributed by atoms with E-state index in [4.69, 9.17) is 5.73 Å². The molecule has 88 valence electrons. The van der Waals surface area contributed by atoms with Crippen LogP contribution in [0.2, 0.25) is 0 Å². The summed E-state index contributed by atoms with van der Waals surface area (Å²) in [5.74, 6) is -0.699. The zero-order valence-corrected chi connectivity index (χ0v) is 9.28. The fraction of sp³-hybridized carbons (Fsp3) is 0.750. The quantitative estimate of drug-likeness (QED) is 0.759. The van der Waals surface area contributed by atoms with Crippen LogP contribution >= 0.6 is 12.2 Å². The standard InChI is InChI=1S/C8H13F3N2OS/c1-5(2)13(4-8(9,10)11)7(14)3-6(12)15/h5H,3-4H2,1-2H3,(H2,12,15). The highest BCUT2D eigenvalue weighted by molar-refractivity contribution is 7.80. The van der Waals surface area contributed by atoms with Crippen LogP contribution in [0.4, 0.5) is 13.2 Å². The van der Waals surface area contributed by atoms with Crippen molar-refractivity contribution >= 4 is 23.1 Å². The minimum atomic E-state index is -4.41. The van der Waals surface area contributed by atoms with Crippen LogP contribution in [0.25, 0.3) is 0 Å². The van der Waals surface area contributed by atoms with Gasteiger partial charge in [0.1, 0.15) is 6.54 Å². The number of thiocarbonyl (C=S) groups is 1. The maximum atomic E-state index is 12.1. The molecule has 0 spiro atoms. The van der Waals surface area contributed by atoms with Crippen molar-refractivity contribution in [3.63, 3.8) is 0 Å². The number of nitrogens with two attached hydrogens (primary N) is 1. The second kappa shape index (κ2) is 5.29. The highest BCUT2D eigenvalue weighted by Crippen LogP contribution is 2.18. The zero-order valence-electron chi connectivity index (χ0n) is 8.47. The molecule has 0 saturated heterocycles. The van der Waals surface area contributed by atoms with Crippen molar-refractivity contribution in [1.82, 2.24) is 4.90 Å². The molecule has 1 amide bonds. The van der Waals surface area contributed by atoms with Gasteiger partial charge in [0, 0.05) is 6.04 Å². The van der Waals surface area contributed by atoms with Crippen LogP contribution in [0, 0.1) is 0 Å². The third-order valence-corrected chi connectivity index (χ3v) is 1.76. The number of halogens is 3. The lowest BCUT2D eigenvalue weighted by Crippen LogP contribution is -2.44. The van der Waals surface area contributed by atoms with E-state index >= 15 is 0 Å². The summed E-state index contributed by atoms with van der Waals surface area (Å²) >= 11 is 4.47. The van der Waals surface area contributed by atoms with Crippen LogP contribution in [0.15, 0.2) is 0 Å². The average molecular weight is 242 g/mol. The van der Waals surface area contributed by atoms with Crippen molar-refractivity contribution in [2.24, 2.45) is 5.73 Å². The Kier molecular flexibility index (Phi) is 4.99. The molecule has 0 atom stereocenters. The number of rotatable bonds is 4. The molecule has 0 bridgehead atoms. The van der Waals surface area contributed by atoms with Crippen LogP contribution in [-0.2, 0) is 4.79 Å². The van der Waals surface area contributed by atoms with E-state index in [1.807, 2.05) is 0 Å². The molecule has 3 nitrogen and oxygen atoms in total. The molecule has 0 aromatic rings. The average Bonchev–Trinajstić information content (AvgIpc) is 1.96. The second-order valence-corrected chi connectivity index (χ2v) is 3.90. The van der Waals surface area contributed by atoms with Crippen molar-refractivity contribution in [2.75, 3.05) is 6.54 Å². The van der Waals surface area contributed by atoms with Crippen molar-refractivity contribution < 1.29 is 18.0 Å². The van der Waals surface area contributed by atoms with Gasteiger partial charge in [-0.25, -0.2) is 0 Å². The fourth-order valence-electron chi connectivity index (χ4n) is 1.00. The number of hydrogen-bond donors (Lipinski definition) is 1. The van der Waals surface area contributed by atoms with Gasteiger partial charge < -0.3 is 10.6 Å². The topological polar surface area (TPSA) is 46.3 Å². The molecular formula is C8H13F3N2OS. The second-order valence-electron chi connectivity index (χ2n) is 3.37. The molecule has 0 aromatic heterocycles. The van der Waals surface area contributed by atoms with Gasteiger partial charge in [-0.15, -0.1) is 0 Å². The van der Waals surface area contributed by atoms with E-state index in [9.17, 15) is 18.0 Å². The van der Waals surface area contributed by atoms with Gasteiger partial charge in [-0.3, -0.25) is 4.79 Å². The fourth-order valence-corrected chi connectivity index (χ4v) is 1.13. The molecule has 0 rings (SSSR count). The Bertz CT molecular complexity index is 253. The summed E-state index contributed by atoms with van der Waals surface area (Å²) in [5.41, 5.74) is 5.10. The third kappa shape index (κ3) is 6.27. The van der Waals surface area contributed by atoms with Gasteiger partial charge >= 0.3 is 6.18 Å². The summed E-state index contributed by atoms with van der Waals surface area (Å²) < 4.78 is 36.3. The Morgan fingerprint density at radius 1 is 1.47 bits per heavy atom. The normalized spacial score (nSPS) is 11.6. The third-order valence-electron chi connectivity index (χ3n) is 1.62. The highest BCUT2D eigenvalue weighted by atomic mass is 32.1. The molecule has 0 heterocycles. The van der Waals surface area contributed by atoms with Crippen LogP contribution in [-0.4, -0.2) is 34.6 Å². The van der Waals surface area contributed by atoms with E-state index in [1.54, 1.807) is 0 Å². The maximum absolute atomic E-state index is 12.1. The van der Waals surface area contributed by atoms with Gasteiger partial charge in [0.05, 0.1) is 11.4 Å². The summed E-state index contributed by atoms with van der Waals surface area (Å²) in [6, 6.07) is -0.534. The molecule has 0 aliphatic rings. The SMILES string of the molecule is CC(C)N(CC(F)(F)F)C(=O)CC(N)=S. The molecule has 0 aliphatic carbocycles. The van der Waals surface area contributed by atoms with Gasteiger partial charge in [0.15, 0.2) is 0 Å². The maximum Gasteiger partial charge on any atom is 0.406 e. The monoisotopic (exact) mass is 242 g/mol. The van der Waals surface area contributed by atoms with Gasteiger partial charge in [0.2, 0.25) is 5.91 Å². The van der Waals surface area contributed by atoms with E-state index in [2.05, 4.69) is 12.2 Å². The highest BCUT2D eigenvalue weighted by Gasteiger charge is 2.34. The molecule has 0 aromatic carbocycles. The summed E-state index contributed by atoms with van der Waals surface area (Å²) in [5, 5.41) is 0. The van der Waals surface area contributed by atoms with Crippen LogP contribution in [0.1, 0.15) is 20.3 Å². The van der Waals surface area contributed by atoms with Crippen molar-refractivity contribution in [3.05, 3.63) is 0 Å². The number of amides is 1. The van der Waals surface area contributed by atoms with Crippen LogP contribution < -0.4 is 5.73 Å². The van der Waals surface area contributed by atoms with Gasteiger partial charge in [0.25, 0.3) is 0 Å². The number of alkyl halides is 3. The Hall–Kier alpha value is -0.850. The smallest absolute Gasteiger partial charge is 0.393 e. The predicted octanol–water partition coefficient (Wildman–Crippen LogP) is 1.46. The largest absolute Gasteiger partial charge is 0.406 e. The first-order chi connectivity index (χ1) is 6.63. The number of carbonyl (C=O) groups is 1. The Morgan fingerprint density at radius 2 is 1.93 bits per heavy atom. The molecule has 0 saturated carbocycles. The summed E-state index contributed by atoms with van der Waals surface area (Å²) in [4.78, 5) is 11.9. The van der Waals surface area contributed by atoms with Crippen LogP contribution in [0.3, 0.4) is 0 Å². The first-order valence-electron chi connectivity index (χ1n) is 4.28. The van der Waals surface area contributed by atoms with Crippen LogP contribution in [0.5, 0.6) is 0 Å². The van der Waals surface area contributed by atoms with Gasteiger partial charge in [-0.2, -0.15) is 13.2 Å². The molecule has 15 heavy (non-hydrogen) atoms. The number of hydrogen-bond acceptors (Lipinski definition) is 2. The molecule has 0 aliphatic heterocycles. The van der Waals surface area contributed by atoms with Gasteiger partial charge in [-0.05, 0) is 13.8 Å². The minimum Gasteiger partial charge on any atom is -0.393 e. The minimum absolute atomic E-state index is 0.104. The molecule has 0 unspecified atom stereocenters. The Balaban J connectivity index is 4.53. The summed E-state index contributed by atoms with van der Waals surface area (Å²) in [6.45, 7) is 1.73. The van der Waals surface area contributed by atoms with E-state index in [0.717, 1.165) is 0 Å². The Morgan fingerprint density at radius 3 is 2.20 bits per heavy atom. The lowest BCUT2D eigenvalue weighted by atomic mass is 10.2. The molecule has 0 fully saturated rings. The van der Waals surface area contributed by atoms with E-state index in [-0.39, 0.29) is 11.4 Å². The number of carbonyl (C=O) groups excluding carboxylic acids is 1. The van der Waals surface area contributed by atoms with Gasteiger partial charge in [-0.1, -0.05) is 12.2 Å². The van der Waals surface area contributed by atoms with E-state index in [0.29, 0.717) is 4.90 Å². The lowest BCUT2D eigenvalue weighted by Gasteiger charge is -2.27. The zero-order chi connectivity index (χ0) is 12.2. The molecule has 0 radical (unpaired) electrons. The van der Waals surface area contributed by atoms with E-state index < -0.39 is 24.7 Å². The summed E-state index contributed by atoms with van der Waals surface area (Å²) in [6.07, 6.45) is -4.74. The number of nitrogens with zero attached hydrogens (tertiary/aromatic N) is 1. The first-order valence-corrected chi connectivity index (χ1v) is 4.69. The lowest BCUT2D eigenvalue weighted by molar-refractivity contribution is -0.163. The first kappa shape index (κ1) is 14.2. The van der Waals surface area contributed by atoms with E-state index in [1.165, 1.54) is 13.8 Å². The molecule has 2 N–H and O–H groups in total. The molecular weight excluding hydrogens is 229 g/mol. The summed E-state index contributed by atoms with van der Waals surface area (Å²) in [7, 11) is 0. The predicted molar refractivity (Wildman–Crippen MR) is 54.3 cm³/mol. The van der Waals surface area contributed by atoms with Crippen molar-refractivity contribution in [3.8, 4) is 0 Å².